The molecule has 0 aliphatic carbocycles. The maximum atomic E-state index is 13.1. The highest BCUT2D eigenvalue weighted by Gasteiger charge is 2.34. The predicted octanol–water partition coefficient (Wildman–Crippen LogP) is 2.89. The fourth-order valence-corrected chi connectivity index (χ4v) is 3.46. The lowest BCUT2D eigenvalue weighted by atomic mass is 9.92. The van der Waals surface area contributed by atoms with E-state index in [1.807, 2.05) is 0 Å². The van der Waals surface area contributed by atoms with E-state index in [-0.39, 0.29) is 30.4 Å². The summed E-state index contributed by atoms with van der Waals surface area (Å²) in [4.78, 5) is 56.5. The van der Waals surface area contributed by atoms with E-state index in [0.29, 0.717) is 16.9 Å². The monoisotopic (exact) mass is 465 g/mol. The fraction of sp³-hybridized carbons (Fsp3) is 0.174. The number of nitrogens with zero attached hydrogens (tertiary/aromatic N) is 1. The Balaban J connectivity index is 1.55. The van der Waals surface area contributed by atoms with Crippen molar-refractivity contribution in [2.24, 2.45) is 0 Å². The SMILES string of the molecule is CCOC(=O)c1ccc(NC(=O)[C@H]2CC(=O)Nc3nc(Nc4ccc(F)cc4)[nH]c(=O)c32)cc1. The van der Waals surface area contributed by atoms with Gasteiger partial charge in [0.2, 0.25) is 17.8 Å². The van der Waals surface area contributed by atoms with Crippen molar-refractivity contribution in [2.75, 3.05) is 22.6 Å². The van der Waals surface area contributed by atoms with Crippen molar-refractivity contribution >= 4 is 40.9 Å². The first kappa shape index (κ1) is 22.6. The molecular weight excluding hydrogens is 445 g/mol. The number of anilines is 4. The summed E-state index contributed by atoms with van der Waals surface area (Å²) >= 11 is 0. The summed E-state index contributed by atoms with van der Waals surface area (Å²) < 4.78 is 18.0. The van der Waals surface area contributed by atoms with E-state index in [1.54, 1.807) is 6.92 Å². The van der Waals surface area contributed by atoms with Crippen LogP contribution in [-0.4, -0.2) is 34.4 Å². The van der Waals surface area contributed by atoms with Crippen LogP contribution in [0.15, 0.2) is 53.3 Å². The van der Waals surface area contributed by atoms with Crippen LogP contribution in [0.3, 0.4) is 0 Å². The Labute approximate surface area is 192 Å². The second-order valence-corrected chi connectivity index (χ2v) is 7.40. The van der Waals surface area contributed by atoms with Crippen molar-refractivity contribution < 1.29 is 23.5 Å². The van der Waals surface area contributed by atoms with Crippen LogP contribution in [0, 0.1) is 5.82 Å². The van der Waals surface area contributed by atoms with Crippen molar-refractivity contribution in [3.8, 4) is 0 Å². The third kappa shape index (κ3) is 4.93. The van der Waals surface area contributed by atoms with Crippen LogP contribution < -0.4 is 21.5 Å². The molecule has 174 valence electrons. The molecule has 34 heavy (non-hydrogen) atoms. The van der Waals surface area contributed by atoms with Crippen molar-refractivity contribution in [3.05, 3.63) is 75.8 Å². The molecule has 0 bridgehead atoms. The van der Waals surface area contributed by atoms with Crippen LogP contribution >= 0.6 is 0 Å². The van der Waals surface area contributed by atoms with Crippen molar-refractivity contribution in [1.29, 1.82) is 0 Å². The Morgan fingerprint density at radius 2 is 1.76 bits per heavy atom. The van der Waals surface area contributed by atoms with Gasteiger partial charge in [0.25, 0.3) is 5.56 Å². The van der Waals surface area contributed by atoms with Crippen LogP contribution in [0.5, 0.6) is 0 Å². The predicted molar refractivity (Wildman–Crippen MR) is 122 cm³/mol. The van der Waals surface area contributed by atoms with Gasteiger partial charge < -0.3 is 20.7 Å². The summed E-state index contributed by atoms with van der Waals surface area (Å²) in [5.41, 5.74) is 0.582. The topological polar surface area (TPSA) is 142 Å². The Bertz CT molecular complexity index is 1300. The van der Waals surface area contributed by atoms with E-state index >= 15 is 0 Å². The molecule has 10 nitrogen and oxygen atoms in total. The van der Waals surface area contributed by atoms with Crippen LogP contribution in [0.4, 0.5) is 27.5 Å². The van der Waals surface area contributed by atoms with E-state index in [0.717, 1.165) is 0 Å². The molecule has 0 radical (unpaired) electrons. The molecular formula is C23H20FN5O5. The number of carbonyl (C=O) groups is 3. The molecule has 4 N–H and O–H groups in total. The lowest BCUT2D eigenvalue weighted by Crippen LogP contribution is -2.36. The number of ether oxygens (including phenoxy) is 1. The van der Waals surface area contributed by atoms with Gasteiger partial charge in [-0.25, -0.2) is 9.18 Å². The number of halogens is 1. The first-order chi connectivity index (χ1) is 16.3. The van der Waals surface area contributed by atoms with E-state index in [1.165, 1.54) is 48.5 Å². The van der Waals surface area contributed by atoms with Gasteiger partial charge in [0.05, 0.1) is 23.7 Å². The number of H-pyrrole nitrogens is 1. The van der Waals surface area contributed by atoms with Gasteiger partial charge in [0.1, 0.15) is 11.6 Å². The number of esters is 1. The summed E-state index contributed by atoms with van der Waals surface area (Å²) in [6.07, 6.45) is -0.241. The molecule has 11 heteroatoms. The molecule has 1 aliphatic heterocycles. The highest BCUT2D eigenvalue weighted by Crippen LogP contribution is 2.30. The first-order valence-electron chi connectivity index (χ1n) is 10.4. The van der Waals surface area contributed by atoms with E-state index < -0.39 is 35.1 Å². The third-order valence-electron chi connectivity index (χ3n) is 5.04. The summed E-state index contributed by atoms with van der Waals surface area (Å²) in [6, 6.07) is 11.4. The number of hydrogen-bond acceptors (Lipinski definition) is 7. The minimum Gasteiger partial charge on any atom is -0.462 e. The fourth-order valence-electron chi connectivity index (χ4n) is 3.46. The Morgan fingerprint density at radius 1 is 1.09 bits per heavy atom. The molecule has 1 aromatic heterocycles. The second-order valence-electron chi connectivity index (χ2n) is 7.40. The van der Waals surface area contributed by atoms with Crippen molar-refractivity contribution in [1.82, 2.24) is 9.97 Å². The standard InChI is InChI=1S/C23H20FN5O5/c1-2-34-22(33)12-3-7-14(8-4-12)25-20(31)16-11-17(30)27-19-18(16)21(32)29-23(28-19)26-15-9-5-13(24)6-10-15/h3-10,16H,2,11H2,1H3,(H,25,31)(H3,26,27,28,29,30,32)/t16-/m0/s1. The average Bonchev–Trinajstić information content (AvgIpc) is 2.80. The van der Waals surface area contributed by atoms with E-state index in [4.69, 9.17) is 4.74 Å². The molecule has 0 saturated heterocycles. The van der Waals surface area contributed by atoms with Crippen molar-refractivity contribution in [2.45, 2.75) is 19.3 Å². The molecule has 4 rings (SSSR count). The van der Waals surface area contributed by atoms with E-state index in [9.17, 15) is 23.6 Å². The number of rotatable bonds is 6. The Morgan fingerprint density at radius 3 is 2.44 bits per heavy atom. The number of hydrogen-bond donors (Lipinski definition) is 4. The van der Waals surface area contributed by atoms with E-state index in [2.05, 4.69) is 25.9 Å². The van der Waals surface area contributed by atoms with Gasteiger partial charge >= 0.3 is 5.97 Å². The zero-order valence-electron chi connectivity index (χ0n) is 18.0. The summed E-state index contributed by atoms with van der Waals surface area (Å²) in [6.45, 7) is 1.94. The summed E-state index contributed by atoms with van der Waals surface area (Å²) in [7, 11) is 0. The molecule has 3 aromatic rings. The second kappa shape index (κ2) is 9.53. The van der Waals surface area contributed by atoms with Gasteiger partial charge in [-0.15, -0.1) is 0 Å². The van der Waals surface area contributed by atoms with Crippen LogP contribution in [0.2, 0.25) is 0 Å². The maximum Gasteiger partial charge on any atom is 0.338 e. The smallest absolute Gasteiger partial charge is 0.338 e. The highest BCUT2D eigenvalue weighted by atomic mass is 19.1. The van der Waals surface area contributed by atoms with Gasteiger partial charge in [-0.2, -0.15) is 4.98 Å². The molecule has 2 amide bonds. The number of benzene rings is 2. The number of aromatic amines is 1. The average molecular weight is 465 g/mol. The summed E-state index contributed by atoms with van der Waals surface area (Å²) in [5, 5.41) is 7.99. The zero-order valence-corrected chi connectivity index (χ0v) is 18.0. The van der Waals surface area contributed by atoms with Gasteiger partial charge in [0, 0.05) is 17.8 Å². The van der Waals surface area contributed by atoms with Gasteiger partial charge in [-0.05, 0) is 55.5 Å². The van der Waals surface area contributed by atoms with Gasteiger partial charge in [0.15, 0.2) is 0 Å². The molecule has 2 aromatic carbocycles. The summed E-state index contributed by atoms with van der Waals surface area (Å²) in [5.74, 6) is -3.06. The molecule has 1 aliphatic rings. The highest BCUT2D eigenvalue weighted by molar-refractivity contribution is 6.04. The first-order valence-corrected chi connectivity index (χ1v) is 10.4. The Hall–Kier alpha value is -4.54. The van der Waals surface area contributed by atoms with Crippen molar-refractivity contribution in [3.63, 3.8) is 0 Å². The number of fused-ring (bicyclic) bond motifs is 1. The number of carbonyl (C=O) groups excluding carboxylic acids is 3. The maximum absolute atomic E-state index is 13.1. The molecule has 2 heterocycles. The molecule has 1 atom stereocenters. The molecule has 0 spiro atoms. The Kier molecular flexibility index (Phi) is 6.35. The lowest BCUT2D eigenvalue weighted by Gasteiger charge is -2.23. The molecule has 0 fully saturated rings. The molecule has 0 unspecified atom stereocenters. The minimum absolute atomic E-state index is 0.0184. The largest absolute Gasteiger partial charge is 0.462 e. The van der Waals surface area contributed by atoms with Crippen LogP contribution in [-0.2, 0) is 14.3 Å². The van der Waals surface area contributed by atoms with Crippen LogP contribution in [0.25, 0.3) is 0 Å². The van der Waals surface area contributed by atoms with Crippen LogP contribution in [0.1, 0.15) is 35.2 Å². The lowest BCUT2D eigenvalue weighted by molar-refractivity contribution is -0.123. The number of aromatic nitrogens is 2. The quantitative estimate of drug-likeness (QED) is 0.410. The zero-order chi connectivity index (χ0) is 24.2. The van der Waals surface area contributed by atoms with Gasteiger partial charge in [-0.1, -0.05) is 0 Å². The molecule has 0 saturated carbocycles. The number of amides is 2. The van der Waals surface area contributed by atoms with Gasteiger partial charge in [-0.3, -0.25) is 19.4 Å². The third-order valence-corrected chi connectivity index (χ3v) is 5.04. The normalized spacial score (nSPS) is 14.5. The number of nitrogens with one attached hydrogen (secondary N) is 4. The minimum atomic E-state index is -1.08.